The minimum Gasteiger partial charge on any atom is -0.336 e. The van der Waals surface area contributed by atoms with Crippen LogP contribution in [0.2, 0.25) is 0 Å². The normalized spacial score (nSPS) is 12.3. The molecule has 3 aromatic heterocycles. The molecular weight excluding hydrogens is 338 g/mol. The van der Waals surface area contributed by atoms with Crippen molar-refractivity contribution in [1.82, 2.24) is 24.3 Å². The molecule has 6 nitrogen and oxygen atoms in total. The van der Waals surface area contributed by atoms with Crippen molar-refractivity contribution in [3.8, 4) is 11.3 Å². The standard InChI is InChI=1S/C21H13N5O/c27-20-18-19(23-16(22-18)10-12-6-2-1-3-7-12)26-15-11-13-8-4-5-9-14(13)17(15)24-21(26)25-20/h1-9,11H,10H2,(H,22,23). The van der Waals surface area contributed by atoms with Gasteiger partial charge in [-0.05, 0) is 17.2 Å². The Balaban J connectivity index is 1.63. The van der Waals surface area contributed by atoms with Crippen molar-refractivity contribution in [2.24, 2.45) is 0 Å². The Morgan fingerprint density at radius 2 is 1.74 bits per heavy atom. The summed E-state index contributed by atoms with van der Waals surface area (Å²) < 4.78 is 1.87. The SMILES string of the molecule is O=c1nc2nc3c(n2c2nc(Cc4ccccc4)[nH]c12)=Cc1ccccc1-3. The van der Waals surface area contributed by atoms with Gasteiger partial charge >= 0.3 is 5.56 Å². The molecule has 1 N–H and O–H groups in total. The highest BCUT2D eigenvalue weighted by molar-refractivity contribution is 5.83. The molecule has 0 saturated heterocycles. The van der Waals surface area contributed by atoms with Gasteiger partial charge in [0.1, 0.15) is 5.82 Å². The molecule has 1 aliphatic carbocycles. The Morgan fingerprint density at radius 1 is 0.926 bits per heavy atom. The minimum absolute atomic E-state index is 0.332. The Morgan fingerprint density at radius 3 is 2.63 bits per heavy atom. The summed E-state index contributed by atoms with van der Waals surface area (Å²) in [6.45, 7) is 0. The molecule has 0 spiro atoms. The van der Waals surface area contributed by atoms with Gasteiger partial charge in [-0.1, -0.05) is 54.6 Å². The molecule has 5 aromatic rings. The molecule has 6 heteroatoms. The Labute approximate surface area is 152 Å². The molecule has 27 heavy (non-hydrogen) atoms. The number of H-pyrrole nitrogens is 1. The zero-order valence-corrected chi connectivity index (χ0v) is 14.2. The van der Waals surface area contributed by atoms with Crippen molar-refractivity contribution in [2.75, 3.05) is 0 Å². The molecule has 2 aromatic carbocycles. The Hall–Kier alpha value is -3.80. The van der Waals surface area contributed by atoms with Crippen molar-refractivity contribution in [3.63, 3.8) is 0 Å². The summed E-state index contributed by atoms with van der Waals surface area (Å²) in [5.41, 5.74) is 4.80. The van der Waals surface area contributed by atoms with Crippen LogP contribution >= 0.6 is 0 Å². The monoisotopic (exact) mass is 351 g/mol. The lowest BCUT2D eigenvalue weighted by Gasteiger charge is -1.96. The molecule has 0 bridgehead atoms. The van der Waals surface area contributed by atoms with Crippen LogP contribution in [0.1, 0.15) is 17.0 Å². The third-order valence-corrected chi connectivity index (χ3v) is 4.98. The lowest BCUT2D eigenvalue weighted by Crippen LogP contribution is -2.15. The summed E-state index contributed by atoms with van der Waals surface area (Å²) in [5.74, 6) is 1.13. The number of nitrogens with zero attached hydrogens (tertiary/aromatic N) is 4. The van der Waals surface area contributed by atoms with Crippen LogP contribution in [0.25, 0.3) is 34.3 Å². The molecule has 0 saturated carbocycles. The second-order valence-corrected chi connectivity index (χ2v) is 6.67. The van der Waals surface area contributed by atoms with Gasteiger partial charge in [0.15, 0.2) is 11.2 Å². The smallest absolute Gasteiger partial charge is 0.300 e. The maximum Gasteiger partial charge on any atom is 0.300 e. The number of benzene rings is 2. The van der Waals surface area contributed by atoms with Crippen molar-refractivity contribution in [1.29, 1.82) is 0 Å². The first-order valence-corrected chi connectivity index (χ1v) is 8.74. The predicted molar refractivity (Wildman–Crippen MR) is 102 cm³/mol. The largest absolute Gasteiger partial charge is 0.336 e. The zero-order chi connectivity index (χ0) is 18.0. The van der Waals surface area contributed by atoms with E-state index in [9.17, 15) is 4.79 Å². The maximum absolute atomic E-state index is 12.5. The van der Waals surface area contributed by atoms with Crippen LogP contribution in [0.4, 0.5) is 0 Å². The number of rotatable bonds is 2. The molecule has 128 valence electrons. The third kappa shape index (κ3) is 2.01. The molecule has 3 heterocycles. The predicted octanol–water partition coefficient (Wildman–Crippen LogP) is 2.08. The van der Waals surface area contributed by atoms with Gasteiger partial charge < -0.3 is 4.98 Å². The van der Waals surface area contributed by atoms with Crippen LogP contribution in [0.3, 0.4) is 0 Å². The molecule has 6 rings (SSSR count). The van der Waals surface area contributed by atoms with Gasteiger partial charge in [0.25, 0.3) is 0 Å². The first-order valence-electron chi connectivity index (χ1n) is 8.74. The van der Waals surface area contributed by atoms with Gasteiger partial charge in [-0.25, -0.2) is 9.97 Å². The lowest BCUT2D eigenvalue weighted by atomic mass is 10.1. The number of aromatic nitrogens is 5. The molecule has 0 aliphatic heterocycles. The first-order chi connectivity index (χ1) is 13.3. The van der Waals surface area contributed by atoms with Crippen LogP contribution in [0.5, 0.6) is 0 Å². The molecule has 0 radical (unpaired) electrons. The van der Waals surface area contributed by atoms with Gasteiger partial charge in [-0.15, -0.1) is 0 Å². The summed E-state index contributed by atoms with van der Waals surface area (Å²) >= 11 is 0. The van der Waals surface area contributed by atoms with E-state index in [4.69, 9.17) is 4.98 Å². The number of nitrogens with one attached hydrogen (secondary N) is 1. The highest BCUT2D eigenvalue weighted by Crippen LogP contribution is 2.26. The Bertz CT molecular complexity index is 1460. The average molecular weight is 351 g/mol. The maximum atomic E-state index is 12.5. The number of imidazole rings is 2. The van der Waals surface area contributed by atoms with E-state index in [1.54, 1.807) is 0 Å². The number of fused-ring (bicyclic) bond motifs is 7. The fraction of sp³-hybridized carbons (Fsp3) is 0.0476. The van der Waals surface area contributed by atoms with E-state index >= 15 is 0 Å². The molecule has 1 aliphatic rings. The molecule has 0 amide bonds. The van der Waals surface area contributed by atoms with E-state index < -0.39 is 0 Å². The number of hydrogen-bond donors (Lipinski definition) is 1. The summed E-state index contributed by atoms with van der Waals surface area (Å²) in [5, 5.41) is 0.918. The fourth-order valence-corrected chi connectivity index (χ4v) is 3.76. The summed E-state index contributed by atoms with van der Waals surface area (Å²) in [7, 11) is 0. The van der Waals surface area contributed by atoms with Crippen molar-refractivity contribution in [3.05, 3.63) is 87.3 Å². The second-order valence-electron chi connectivity index (χ2n) is 6.67. The minimum atomic E-state index is -0.332. The summed E-state index contributed by atoms with van der Waals surface area (Å²) in [6, 6.07) is 18.1. The van der Waals surface area contributed by atoms with Crippen LogP contribution in [0.15, 0.2) is 59.4 Å². The van der Waals surface area contributed by atoms with Crippen molar-refractivity contribution in [2.45, 2.75) is 6.42 Å². The van der Waals surface area contributed by atoms with Crippen LogP contribution in [0, 0.1) is 0 Å². The molecule has 0 atom stereocenters. The van der Waals surface area contributed by atoms with E-state index in [2.05, 4.69) is 27.1 Å². The van der Waals surface area contributed by atoms with E-state index in [0.29, 0.717) is 23.4 Å². The number of aromatic amines is 1. The van der Waals surface area contributed by atoms with Crippen molar-refractivity contribution < 1.29 is 0 Å². The molecule has 0 fully saturated rings. The van der Waals surface area contributed by atoms with Gasteiger partial charge in [0.2, 0.25) is 5.78 Å². The van der Waals surface area contributed by atoms with Crippen molar-refractivity contribution >= 4 is 23.0 Å². The van der Waals surface area contributed by atoms with Crippen LogP contribution in [-0.4, -0.2) is 24.3 Å². The van der Waals surface area contributed by atoms with Gasteiger partial charge in [-0.2, -0.15) is 4.98 Å². The van der Waals surface area contributed by atoms with E-state index in [0.717, 1.165) is 33.6 Å². The van der Waals surface area contributed by atoms with Crippen LogP contribution < -0.4 is 10.9 Å². The molecular formula is C21H13N5O. The number of hydrogen-bond acceptors (Lipinski definition) is 4. The van der Waals surface area contributed by atoms with Gasteiger partial charge in [0.05, 0.1) is 11.0 Å². The highest BCUT2D eigenvalue weighted by Gasteiger charge is 2.21. The average Bonchev–Trinajstić information content (AvgIpc) is 3.34. The fourth-order valence-electron chi connectivity index (χ4n) is 3.76. The first kappa shape index (κ1) is 14.4. The summed E-state index contributed by atoms with van der Waals surface area (Å²) in [6.07, 6.45) is 2.69. The quantitative estimate of drug-likeness (QED) is 0.518. The second kappa shape index (κ2) is 5.11. The molecule has 0 unspecified atom stereocenters. The topological polar surface area (TPSA) is 75.9 Å². The van der Waals surface area contributed by atoms with Gasteiger partial charge in [0, 0.05) is 12.0 Å². The van der Waals surface area contributed by atoms with E-state index in [-0.39, 0.29) is 5.56 Å². The van der Waals surface area contributed by atoms with E-state index in [1.807, 2.05) is 52.9 Å². The van der Waals surface area contributed by atoms with Crippen LogP contribution in [-0.2, 0) is 6.42 Å². The Kier molecular flexibility index (Phi) is 2.72. The van der Waals surface area contributed by atoms with E-state index in [1.165, 1.54) is 0 Å². The lowest BCUT2D eigenvalue weighted by molar-refractivity contribution is 1.03. The highest BCUT2D eigenvalue weighted by atomic mass is 16.1. The third-order valence-electron chi connectivity index (χ3n) is 4.98. The summed E-state index contributed by atoms with van der Waals surface area (Å²) in [4.78, 5) is 29.1. The van der Waals surface area contributed by atoms with Gasteiger partial charge in [-0.3, -0.25) is 9.20 Å². The zero-order valence-electron chi connectivity index (χ0n) is 14.2.